The van der Waals surface area contributed by atoms with E-state index >= 15 is 0 Å². The molecule has 5 nitrogen and oxygen atoms in total. The molecule has 1 aromatic carbocycles. The summed E-state index contributed by atoms with van der Waals surface area (Å²) in [5.74, 6) is 4.25. The van der Waals surface area contributed by atoms with E-state index in [0.717, 1.165) is 5.56 Å². The molecule has 1 rings (SSSR count). The molecule has 17 heavy (non-hydrogen) atoms. The second-order valence-electron chi connectivity index (χ2n) is 4.20. The van der Waals surface area contributed by atoms with Gasteiger partial charge in [0, 0.05) is 5.92 Å². The minimum atomic E-state index is -1.23. The predicted molar refractivity (Wildman–Crippen MR) is 64.5 cm³/mol. The Bertz CT molecular complexity index is 391. The van der Waals surface area contributed by atoms with E-state index in [0.29, 0.717) is 6.42 Å². The van der Waals surface area contributed by atoms with Crippen LogP contribution in [0.25, 0.3) is 0 Å². The molecule has 2 atom stereocenters. The lowest BCUT2D eigenvalue weighted by Gasteiger charge is -2.33. The van der Waals surface area contributed by atoms with Crippen molar-refractivity contribution in [3.8, 4) is 5.75 Å². The summed E-state index contributed by atoms with van der Waals surface area (Å²) >= 11 is 0. The minimum absolute atomic E-state index is 0.154. The van der Waals surface area contributed by atoms with E-state index < -0.39 is 11.5 Å². The van der Waals surface area contributed by atoms with E-state index in [1.54, 1.807) is 19.1 Å². The lowest BCUT2D eigenvalue weighted by atomic mass is 9.79. The van der Waals surface area contributed by atoms with Crippen molar-refractivity contribution >= 4 is 5.97 Å². The Morgan fingerprint density at radius 3 is 2.35 bits per heavy atom. The maximum atomic E-state index is 11.3. The SMILES string of the molecule is CCC(c1ccc(O)cc1)C(C)(NN)C(=O)O. The van der Waals surface area contributed by atoms with Gasteiger partial charge in [0.25, 0.3) is 0 Å². The summed E-state index contributed by atoms with van der Waals surface area (Å²) in [7, 11) is 0. The molecule has 0 aliphatic rings. The normalized spacial score (nSPS) is 16.2. The molecule has 0 heterocycles. The van der Waals surface area contributed by atoms with E-state index in [2.05, 4.69) is 5.43 Å². The Balaban J connectivity index is 3.14. The summed E-state index contributed by atoms with van der Waals surface area (Å²) in [6.07, 6.45) is 0.623. The van der Waals surface area contributed by atoms with E-state index in [1.807, 2.05) is 6.92 Å². The summed E-state index contributed by atoms with van der Waals surface area (Å²) in [6, 6.07) is 6.50. The quantitative estimate of drug-likeness (QED) is 0.456. The number of carboxylic acid groups (broad SMARTS) is 1. The van der Waals surface area contributed by atoms with Gasteiger partial charge in [-0.15, -0.1) is 0 Å². The number of hydrogen-bond donors (Lipinski definition) is 4. The summed E-state index contributed by atoms with van der Waals surface area (Å²) in [5, 5.41) is 18.5. The van der Waals surface area contributed by atoms with Crippen LogP contribution in [0.15, 0.2) is 24.3 Å². The molecule has 0 radical (unpaired) electrons. The van der Waals surface area contributed by atoms with Crippen LogP contribution in [0.4, 0.5) is 0 Å². The Morgan fingerprint density at radius 2 is 2.00 bits per heavy atom. The Morgan fingerprint density at radius 1 is 1.47 bits per heavy atom. The number of nitrogens with one attached hydrogen (secondary N) is 1. The number of benzene rings is 1. The van der Waals surface area contributed by atoms with Crippen molar-refractivity contribution in [3.63, 3.8) is 0 Å². The molecule has 0 bridgehead atoms. The van der Waals surface area contributed by atoms with Crippen molar-refractivity contribution < 1.29 is 15.0 Å². The molecule has 1 aromatic rings. The maximum absolute atomic E-state index is 11.3. The number of hydrazine groups is 1. The number of phenols is 1. The molecule has 0 aromatic heterocycles. The van der Waals surface area contributed by atoms with Gasteiger partial charge in [0.1, 0.15) is 11.3 Å². The maximum Gasteiger partial charge on any atom is 0.325 e. The molecule has 0 saturated heterocycles. The molecule has 5 heteroatoms. The monoisotopic (exact) mass is 238 g/mol. The van der Waals surface area contributed by atoms with Crippen LogP contribution in [-0.4, -0.2) is 21.7 Å². The van der Waals surface area contributed by atoms with E-state index in [9.17, 15) is 15.0 Å². The number of rotatable bonds is 5. The second kappa shape index (κ2) is 5.16. The molecule has 2 unspecified atom stereocenters. The standard InChI is InChI=1S/C12H18N2O3/c1-3-10(12(2,14-13)11(16)17)8-4-6-9(15)7-5-8/h4-7,10,14-15H,3,13H2,1-2H3,(H,16,17). The van der Waals surface area contributed by atoms with Crippen LogP contribution in [0.5, 0.6) is 5.75 Å². The summed E-state index contributed by atoms with van der Waals surface area (Å²) in [6.45, 7) is 3.45. The molecule has 94 valence electrons. The van der Waals surface area contributed by atoms with Gasteiger partial charge in [0.15, 0.2) is 0 Å². The van der Waals surface area contributed by atoms with Crippen LogP contribution in [0.2, 0.25) is 0 Å². The highest BCUT2D eigenvalue weighted by Crippen LogP contribution is 2.32. The molecule has 0 aliphatic carbocycles. The number of phenolic OH excluding ortho intramolecular Hbond substituents is 1. The van der Waals surface area contributed by atoms with Crippen molar-refractivity contribution in [2.75, 3.05) is 0 Å². The molecule has 0 saturated carbocycles. The molecular weight excluding hydrogens is 220 g/mol. The fourth-order valence-electron chi connectivity index (χ4n) is 2.00. The first-order chi connectivity index (χ1) is 7.95. The van der Waals surface area contributed by atoms with Crippen LogP contribution in [0.1, 0.15) is 31.7 Å². The predicted octanol–water partition coefficient (Wildman–Crippen LogP) is 1.19. The highest BCUT2D eigenvalue weighted by Gasteiger charge is 2.40. The lowest BCUT2D eigenvalue weighted by Crippen LogP contribution is -2.57. The van der Waals surface area contributed by atoms with Gasteiger partial charge in [-0.2, -0.15) is 0 Å². The van der Waals surface area contributed by atoms with Gasteiger partial charge in [-0.3, -0.25) is 10.6 Å². The van der Waals surface area contributed by atoms with Crippen LogP contribution in [0, 0.1) is 0 Å². The number of aromatic hydroxyl groups is 1. The Labute approximate surface area is 100 Å². The van der Waals surface area contributed by atoms with Crippen LogP contribution >= 0.6 is 0 Å². The number of carbonyl (C=O) groups is 1. The number of hydrogen-bond acceptors (Lipinski definition) is 4. The van der Waals surface area contributed by atoms with Gasteiger partial charge in [-0.05, 0) is 31.0 Å². The Hall–Kier alpha value is -1.59. The van der Waals surface area contributed by atoms with Gasteiger partial charge in [-0.25, -0.2) is 5.43 Å². The third-order valence-electron chi connectivity index (χ3n) is 3.14. The molecule has 5 N–H and O–H groups in total. The minimum Gasteiger partial charge on any atom is -0.508 e. The van der Waals surface area contributed by atoms with Crippen molar-refractivity contribution in [2.24, 2.45) is 5.84 Å². The van der Waals surface area contributed by atoms with Crippen LogP contribution in [0.3, 0.4) is 0 Å². The highest BCUT2D eigenvalue weighted by molar-refractivity contribution is 5.79. The average Bonchev–Trinajstić information content (AvgIpc) is 2.31. The smallest absolute Gasteiger partial charge is 0.325 e. The third-order valence-corrected chi connectivity index (χ3v) is 3.14. The van der Waals surface area contributed by atoms with Gasteiger partial charge in [-0.1, -0.05) is 19.1 Å². The van der Waals surface area contributed by atoms with Gasteiger partial charge in [0.05, 0.1) is 0 Å². The zero-order chi connectivity index (χ0) is 13.1. The Kier molecular flexibility index (Phi) is 4.09. The molecule has 0 spiro atoms. The first kappa shape index (κ1) is 13.5. The fraction of sp³-hybridized carbons (Fsp3) is 0.417. The van der Waals surface area contributed by atoms with E-state index in [4.69, 9.17) is 5.84 Å². The van der Waals surface area contributed by atoms with E-state index in [1.165, 1.54) is 12.1 Å². The number of nitrogens with two attached hydrogens (primary N) is 1. The van der Waals surface area contributed by atoms with Crippen molar-refractivity contribution in [3.05, 3.63) is 29.8 Å². The first-order valence-corrected chi connectivity index (χ1v) is 5.45. The van der Waals surface area contributed by atoms with E-state index in [-0.39, 0.29) is 11.7 Å². The van der Waals surface area contributed by atoms with Crippen LogP contribution in [-0.2, 0) is 4.79 Å². The first-order valence-electron chi connectivity index (χ1n) is 5.45. The summed E-state index contributed by atoms with van der Waals surface area (Å²) in [4.78, 5) is 11.3. The molecule has 0 fully saturated rings. The second-order valence-corrected chi connectivity index (χ2v) is 4.20. The average molecular weight is 238 g/mol. The zero-order valence-electron chi connectivity index (χ0n) is 9.97. The number of aliphatic carboxylic acids is 1. The fourth-order valence-corrected chi connectivity index (χ4v) is 2.00. The third kappa shape index (κ3) is 2.57. The molecular formula is C12H18N2O3. The highest BCUT2D eigenvalue weighted by atomic mass is 16.4. The van der Waals surface area contributed by atoms with Crippen LogP contribution < -0.4 is 11.3 Å². The molecule has 0 amide bonds. The summed E-state index contributed by atoms with van der Waals surface area (Å²) < 4.78 is 0. The summed E-state index contributed by atoms with van der Waals surface area (Å²) in [5.41, 5.74) is 1.98. The van der Waals surface area contributed by atoms with Gasteiger partial charge in [0.2, 0.25) is 0 Å². The number of carboxylic acids is 1. The largest absolute Gasteiger partial charge is 0.508 e. The van der Waals surface area contributed by atoms with Gasteiger partial charge < -0.3 is 10.2 Å². The molecule has 0 aliphatic heterocycles. The lowest BCUT2D eigenvalue weighted by molar-refractivity contribution is -0.145. The topological polar surface area (TPSA) is 95.6 Å². The van der Waals surface area contributed by atoms with Crippen molar-refractivity contribution in [1.82, 2.24) is 5.43 Å². The van der Waals surface area contributed by atoms with Crippen molar-refractivity contribution in [1.29, 1.82) is 0 Å². The van der Waals surface area contributed by atoms with Gasteiger partial charge >= 0.3 is 5.97 Å². The van der Waals surface area contributed by atoms with Crippen molar-refractivity contribution in [2.45, 2.75) is 31.7 Å². The zero-order valence-corrected chi connectivity index (χ0v) is 9.97.